The average Bonchev–Trinajstić information content (AvgIpc) is 2.42. The molecule has 20 heavy (non-hydrogen) atoms. The van der Waals surface area contributed by atoms with Crippen LogP contribution in [0.2, 0.25) is 0 Å². The average molecular weight is 276 g/mol. The molecule has 0 amide bonds. The summed E-state index contributed by atoms with van der Waals surface area (Å²) in [6, 6.07) is 9.68. The molecule has 2 rings (SSSR count). The second kappa shape index (κ2) is 6.57. The van der Waals surface area contributed by atoms with Crippen LogP contribution in [0, 0.1) is 0 Å². The number of likely N-dealkylation sites (N-methyl/N-ethyl adjacent to an activating group) is 1. The smallest absolute Gasteiger partial charge is 0.0474 e. The van der Waals surface area contributed by atoms with Crippen molar-refractivity contribution in [2.24, 2.45) is 5.73 Å². The van der Waals surface area contributed by atoms with Gasteiger partial charge in [0.05, 0.1) is 0 Å². The van der Waals surface area contributed by atoms with Crippen LogP contribution in [0.1, 0.15) is 18.5 Å². The molecule has 1 aliphatic rings. The van der Waals surface area contributed by atoms with Crippen LogP contribution in [0.25, 0.3) is 0 Å². The second-order valence-corrected chi connectivity index (χ2v) is 6.09. The van der Waals surface area contributed by atoms with E-state index in [0.29, 0.717) is 18.6 Å². The van der Waals surface area contributed by atoms with Crippen molar-refractivity contribution in [3.05, 3.63) is 29.8 Å². The van der Waals surface area contributed by atoms with E-state index in [1.54, 1.807) is 0 Å². The van der Waals surface area contributed by atoms with Gasteiger partial charge < -0.3 is 15.5 Å². The number of benzene rings is 1. The minimum atomic E-state index is 0.329. The number of nitrogens with two attached hydrogens (primary N) is 1. The topological polar surface area (TPSA) is 35.7 Å². The first-order valence-electron chi connectivity index (χ1n) is 7.44. The Morgan fingerprint density at radius 2 is 1.90 bits per heavy atom. The number of hydrogen-bond acceptors (Lipinski definition) is 4. The van der Waals surface area contributed by atoms with Crippen LogP contribution < -0.4 is 10.6 Å². The van der Waals surface area contributed by atoms with Crippen LogP contribution in [0.3, 0.4) is 0 Å². The molecule has 2 N–H and O–H groups in total. The molecule has 112 valence electrons. The molecule has 2 atom stereocenters. The Morgan fingerprint density at radius 1 is 1.25 bits per heavy atom. The lowest BCUT2D eigenvalue weighted by molar-refractivity contribution is 0.0635. The highest BCUT2D eigenvalue weighted by molar-refractivity contribution is 5.46. The monoisotopic (exact) mass is 276 g/mol. The van der Waals surface area contributed by atoms with Crippen LogP contribution in [0.15, 0.2) is 24.3 Å². The summed E-state index contributed by atoms with van der Waals surface area (Å²) in [5, 5.41) is 0. The zero-order valence-electron chi connectivity index (χ0n) is 13.2. The van der Waals surface area contributed by atoms with Crippen molar-refractivity contribution < 1.29 is 0 Å². The molecule has 4 nitrogen and oxygen atoms in total. The van der Waals surface area contributed by atoms with Gasteiger partial charge in [-0.1, -0.05) is 12.1 Å². The lowest BCUT2D eigenvalue weighted by Gasteiger charge is -2.42. The molecule has 0 saturated carbocycles. The molecule has 1 aromatic rings. The Kier molecular flexibility index (Phi) is 5.02. The van der Waals surface area contributed by atoms with Crippen molar-refractivity contribution in [3.63, 3.8) is 0 Å². The molecule has 0 bridgehead atoms. The fraction of sp³-hybridized carbons (Fsp3) is 0.625. The van der Waals surface area contributed by atoms with E-state index in [-0.39, 0.29) is 0 Å². The van der Waals surface area contributed by atoms with Gasteiger partial charge in [0.2, 0.25) is 0 Å². The van der Waals surface area contributed by atoms with Crippen LogP contribution >= 0.6 is 0 Å². The first-order valence-corrected chi connectivity index (χ1v) is 7.44. The molecule has 2 unspecified atom stereocenters. The van der Waals surface area contributed by atoms with E-state index in [4.69, 9.17) is 5.73 Å². The third kappa shape index (κ3) is 3.32. The maximum atomic E-state index is 6.06. The van der Waals surface area contributed by atoms with Crippen LogP contribution in [-0.4, -0.2) is 63.2 Å². The Bertz CT molecular complexity index is 415. The summed E-state index contributed by atoms with van der Waals surface area (Å²) in [5.41, 5.74) is 8.63. The van der Waals surface area contributed by atoms with Gasteiger partial charge in [0.25, 0.3) is 0 Å². The Morgan fingerprint density at radius 3 is 2.40 bits per heavy atom. The van der Waals surface area contributed by atoms with E-state index >= 15 is 0 Å². The van der Waals surface area contributed by atoms with Crippen molar-refractivity contribution in [2.45, 2.75) is 19.0 Å². The van der Waals surface area contributed by atoms with Crippen molar-refractivity contribution in [1.29, 1.82) is 0 Å². The van der Waals surface area contributed by atoms with E-state index in [1.165, 1.54) is 11.3 Å². The number of piperazine rings is 1. The van der Waals surface area contributed by atoms with E-state index in [1.807, 2.05) is 0 Å². The SMILES string of the molecule is CC1CN(C)CCN1C(CN)c1ccc(N(C)C)cc1. The fourth-order valence-corrected chi connectivity index (χ4v) is 3.07. The zero-order chi connectivity index (χ0) is 14.7. The molecular weight excluding hydrogens is 248 g/mol. The van der Waals surface area contributed by atoms with E-state index < -0.39 is 0 Å². The van der Waals surface area contributed by atoms with E-state index in [9.17, 15) is 0 Å². The highest BCUT2D eigenvalue weighted by Gasteiger charge is 2.28. The maximum Gasteiger partial charge on any atom is 0.0474 e. The van der Waals surface area contributed by atoms with Crippen molar-refractivity contribution in [1.82, 2.24) is 9.80 Å². The lowest BCUT2D eigenvalue weighted by atomic mass is 10.0. The predicted octanol–water partition coefficient (Wildman–Crippen LogP) is 1.39. The van der Waals surface area contributed by atoms with Gasteiger partial charge in [0.15, 0.2) is 0 Å². The summed E-state index contributed by atoms with van der Waals surface area (Å²) >= 11 is 0. The third-order valence-corrected chi connectivity index (χ3v) is 4.30. The molecular formula is C16H28N4. The summed E-state index contributed by atoms with van der Waals surface area (Å²) < 4.78 is 0. The molecule has 0 radical (unpaired) electrons. The maximum absolute atomic E-state index is 6.06. The van der Waals surface area contributed by atoms with Gasteiger partial charge in [-0.15, -0.1) is 0 Å². The quantitative estimate of drug-likeness (QED) is 0.901. The molecule has 0 aliphatic carbocycles. The minimum absolute atomic E-state index is 0.329. The lowest BCUT2D eigenvalue weighted by Crippen LogP contribution is -2.52. The van der Waals surface area contributed by atoms with Crippen LogP contribution in [0.5, 0.6) is 0 Å². The summed E-state index contributed by atoms with van der Waals surface area (Å²) in [5.74, 6) is 0. The first kappa shape index (κ1) is 15.3. The van der Waals surface area contributed by atoms with Crippen molar-refractivity contribution in [2.75, 3.05) is 52.2 Å². The van der Waals surface area contributed by atoms with Crippen molar-refractivity contribution >= 4 is 5.69 Å². The molecule has 1 fully saturated rings. The normalized spacial score (nSPS) is 22.8. The Balaban J connectivity index is 2.15. The minimum Gasteiger partial charge on any atom is -0.378 e. The van der Waals surface area contributed by atoms with Crippen LogP contribution in [0.4, 0.5) is 5.69 Å². The number of rotatable bonds is 4. The second-order valence-electron chi connectivity index (χ2n) is 6.09. The summed E-state index contributed by atoms with van der Waals surface area (Å²) in [7, 11) is 6.33. The Hall–Kier alpha value is -1.10. The standard InChI is InChI=1S/C16H28N4/c1-13-12-19(4)9-10-20(13)16(11-17)14-5-7-15(8-6-14)18(2)3/h5-8,13,16H,9-12,17H2,1-4H3. The van der Waals surface area contributed by atoms with Gasteiger partial charge >= 0.3 is 0 Å². The van der Waals surface area contributed by atoms with Gasteiger partial charge in [-0.3, -0.25) is 4.90 Å². The van der Waals surface area contributed by atoms with Crippen LogP contribution in [-0.2, 0) is 0 Å². The molecule has 1 heterocycles. The molecule has 1 saturated heterocycles. The summed E-state index contributed by atoms with van der Waals surface area (Å²) in [6.07, 6.45) is 0. The van der Waals surface area contributed by atoms with Gasteiger partial charge in [0.1, 0.15) is 0 Å². The molecule has 0 spiro atoms. The summed E-state index contributed by atoms with van der Waals surface area (Å²) in [6.45, 7) is 6.31. The predicted molar refractivity (Wildman–Crippen MR) is 86.2 cm³/mol. The number of nitrogens with zero attached hydrogens (tertiary/aromatic N) is 3. The molecule has 0 aromatic heterocycles. The molecule has 1 aromatic carbocycles. The largest absolute Gasteiger partial charge is 0.378 e. The number of anilines is 1. The first-order chi connectivity index (χ1) is 9.52. The molecule has 1 aliphatic heterocycles. The van der Waals surface area contributed by atoms with Gasteiger partial charge in [0, 0.05) is 58.0 Å². The summed E-state index contributed by atoms with van der Waals surface area (Å²) in [4.78, 5) is 7.06. The van der Waals surface area contributed by atoms with Crippen molar-refractivity contribution in [3.8, 4) is 0 Å². The van der Waals surface area contributed by atoms with Gasteiger partial charge in [-0.05, 0) is 31.7 Å². The number of hydrogen-bond donors (Lipinski definition) is 1. The van der Waals surface area contributed by atoms with Gasteiger partial charge in [-0.2, -0.15) is 0 Å². The zero-order valence-corrected chi connectivity index (χ0v) is 13.2. The van der Waals surface area contributed by atoms with Gasteiger partial charge in [-0.25, -0.2) is 0 Å². The third-order valence-electron chi connectivity index (χ3n) is 4.30. The fourth-order valence-electron chi connectivity index (χ4n) is 3.07. The Labute approximate surface area is 123 Å². The molecule has 4 heteroatoms. The van der Waals surface area contributed by atoms with E-state index in [2.05, 4.69) is 67.0 Å². The highest BCUT2D eigenvalue weighted by Crippen LogP contribution is 2.25. The highest BCUT2D eigenvalue weighted by atomic mass is 15.3. The van der Waals surface area contributed by atoms with E-state index in [0.717, 1.165) is 19.6 Å².